The first kappa shape index (κ1) is 13.8. The standard InChI is InChI=1S/C14H15FN4O/c1-19(9-11-4-2-3-5-12(11)15)13-7-6-10(8-17-13)14(16)18-20/h2-8,20H,9H2,1H3,(H2,16,18). The predicted molar refractivity (Wildman–Crippen MR) is 75.3 cm³/mol. The molecular formula is C14H15FN4O. The van der Waals surface area contributed by atoms with E-state index >= 15 is 0 Å². The number of halogens is 1. The monoisotopic (exact) mass is 274 g/mol. The smallest absolute Gasteiger partial charge is 0.171 e. The van der Waals surface area contributed by atoms with E-state index in [9.17, 15) is 4.39 Å². The number of nitrogens with two attached hydrogens (primary N) is 1. The Morgan fingerprint density at radius 1 is 1.35 bits per heavy atom. The van der Waals surface area contributed by atoms with Crippen LogP contribution in [0.1, 0.15) is 11.1 Å². The van der Waals surface area contributed by atoms with Crippen molar-refractivity contribution in [3.8, 4) is 0 Å². The fraction of sp³-hybridized carbons (Fsp3) is 0.143. The molecule has 2 aromatic rings. The third-order valence-electron chi connectivity index (χ3n) is 2.91. The SMILES string of the molecule is CN(Cc1ccccc1F)c1ccc(C(N)=NO)cn1. The van der Waals surface area contributed by atoms with Crippen molar-refractivity contribution < 1.29 is 9.60 Å². The number of hydrogen-bond donors (Lipinski definition) is 2. The summed E-state index contributed by atoms with van der Waals surface area (Å²) in [6.45, 7) is 0.405. The van der Waals surface area contributed by atoms with E-state index in [2.05, 4.69) is 10.1 Å². The van der Waals surface area contributed by atoms with Crippen LogP contribution in [-0.4, -0.2) is 23.1 Å². The maximum Gasteiger partial charge on any atom is 0.171 e. The van der Waals surface area contributed by atoms with E-state index in [0.717, 1.165) is 0 Å². The number of rotatable bonds is 4. The number of anilines is 1. The van der Waals surface area contributed by atoms with E-state index in [1.807, 2.05) is 11.9 Å². The van der Waals surface area contributed by atoms with Crippen LogP contribution >= 0.6 is 0 Å². The second-order valence-electron chi connectivity index (χ2n) is 4.34. The zero-order chi connectivity index (χ0) is 14.5. The number of oxime groups is 1. The van der Waals surface area contributed by atoms with Gasteiger partial charge >= 0.3 is 0 Å². The zero-order valence-electron chi connectivity index (χ0n) is 11.0. The van der Waals surface area contributed by atoms with Crippen LogP contribution in [0.5, 0.6) is 0 Å². The summed E-state index contributed by atoms with van der Waals surface area (Å²) < 4.78 is 13.6. The molecule has 0 saturated carbocycles. The third kappa shape index (κ3) is 3.03. The van der Waals surface area contributed by atoms with Gasteiger partial charge in [0.05, 0.1) is 0 Å². The quantitative estimate of drug-likeness (QED) is 0.387. The Morgan fingerprint density at radius 3 is 2.70 bits per heavy atom. The zero-order valence-corrected chi connectivity index (χ0v) is 11.0. The summed E-state index contributed by atoms with van der Waals surface area (Å²) in [6, 6.07) is 10.0. The molecule has 0 aliphatic rings. The fourth-order valence-corrected chi connectivity index (χ4v) is 1.78. The number of benzene rings is 1. The molecule has 3 N–H and O–H groups in total. The predicted octanol–water partition coefficient (Wildman–Crippen LogP) is 1.95. The Kier molecular flexibility index (Phi) is 4.14. The van der Waals surface area contributed by atoms with Crippen LogP contribution in [0.2, 0.25) is 0 Å². The fourth-order valence-electron chi connectivity index (χ4n) is 1.78. The minimum absolute atomic E-state index is 0.000747. The van der Waals surface area contributed by atoms with Gasteiger partial charge < -0.3 is 15.8 Å². The van der Waals surface area contributed by atoms with Crippen LogP contribution in [0, 0.1) is 5.82 Å². The number of nitrogens with zero attached hydrogens (tertiary/aromatic N) is 3. The Morgan fingerprint density at radius 2 is 2.10 bits per heavy atom. The van der Waals surface area contributed by atoms with E-state index in [-0.39, 0.29) is 11.7 Å². The summed E-state index contributed by atoms with van der Waals surface area (Å²) in [5.41, 5.74) is 6.58. The second-order valence-corrected chi connectivity index (χ2v) is 4.34. The third-order valence-corrected chi connectivity index (χ3v) is 2.91. The molecule has 0 fully saturated rings. The van der Waals surface area contributed by atoms with Crippen LogP contribution < -0.4 is 10.6 Å². The number of hydrogen-bond acceptors (Lipinski definition) is 4. The second kappa shape index (κ2) is 6.01. The minimum Gasteiger partial charge on any atom is -0.409 e. The van der Waals surface area contributed by atoms with Gasteiger partial charge in [-0.2, -0.15) is 0 Å². The van der Waals surface area contributed by atoms with E-state index in [4.69, 9.17) is 10.9 Å². The average molecular weight is 274 g/mol. The van der Waals surface area contributed by atoms with Crippen LogP contribution in [0.15, 0.2) is 47.8 Å². The molecular weight excluding hydrogens is 259 g/mol. The van der Waals surface area contributed by atoms with Crippen molar-refractivity contribution in [1.82, 2.24) is 4.98 Å². The van der Waals surface area contributed by atoms with E-state index in [1.165, 1.54) is 12.3 Å². The van der Waals surface area contributed by atoms with Gasteiger partial charge in [0.2, 0.25) is 0 Å². The number of amidine groups is 1. The van der Waals surface area contributed by atoms with Crippen LogP contribution in [0.25, 0.3) is 0 Å². The van der Waals surface area contributed by atoms with Crippen LogP contribution in [-0.2, 0) is 6.54 Å². The maximum atomic E-state index is 13.6. The summed E-state index contributed by atoms with van der Waals surface area (Å²) in [4.78, 5) is 6.02. The van der Waals surface area contributed by atoms with Gasteiger partial charge in [0.15, 0.2) is 5.84 Å². The number of aromatic nitrogens is 1. The van der Waals surface area contributed by atoms with Gasteiger partial charge in [-0.15, -0.1) is 0 Å². The normalized spacial score (nSPS) is 11.4. The first-order valence-electron chi connectivity index (χ1n) is 6.00. The molecule has 0 unspecified atom stereocenters. The number of pyridine rings is 1. The van der Waals surface area contributed by atoms with Crippen molar-refractivity contribution >= 4 is 11.7 Å². The lowest BCUT2D eigenvalue weighted by molar-refractivity contribution is 0.318. The van der Waals surface area contributed by atoms with E-state index in [1.54, 1.807) is 30.3 Å². The van der Waals surface area contributed by atoms with Crippen molar-refractivity contribution in [3.63, 3.8) is 0 Å². The summed E-state index contributed by atoms with van der Waals surface area (Å²) in [5.74, 6) is 0.427. The van der Waals surface area contributed by atoms with Crippen molar-refractivity contribution in [2.24, 2.45) is 10.9 Å². The minimum atomic E-state index is -0.243. The Balaban J connectivity index is 2.14. The molecule has 0 spiro atoms. The lowest BCUT2D eigenvalue weighted by Crippen LogP contribution is -2.19. The van der Waals surface area contributed by atoms with E-state index in [0.29, 0.717) is 23.5 Å². The van der Waals surface area contributed by atoms with Crippen LogP contribution in [0.4, 0.5) is 10.2 Å². The van der Waals surface area contributed by atoms with Gasteiger partial charge in [0.1, 0.15) is 11.6 Å². The molecule has 2 rings (SSSR count). The highest BCUT2D eigenvalue weighted by atomic mass is 19.1. The lowest BCUT2D eigenvalue weighted by atomic mass is 10.2. The first-order valence-corrected chi connectivity index (χ1v) is 6.00. The Labute approximate surface area is 116 Å². The summed E-state index contributed by atoms with van der Waals surface area (Å²) >= 11 is 0. The highest BCUT2D eigenvalue weighted by Gasteiger charge is 2.08. The molecule has 0 amide bonds. The first-order chi connectivity index (χ1) is 9.61. The molecule has 0 radical (unpaired) electrons. The topological polar surface area (TPSA) is 74.7 Å². The van der Waals surface area contributed by atoms with Gasteiger partial charge in [-0.05, 0) is 18.2 Å². The molecule has 6 heteroatoms. The summed E-state index contributed by atoms with van der Waals surface area (Å²) in [6.07, 6.45) is 1.50. The van der Waals surface area contributed by atoms with Gasteiger partial charge in [-0.25, -0.2) is 9.37 Å². The van der Waals surface area contributed by atoms with Gasteiger partial charge in [0, 0.05) is 30.9 Å². The highest BCUT2D eigenvalue weighted by molar-refractivity contribution is 5.96. The lowest BCUT2D eigenvalue weighted by Gasteiger charge is -2.18. The average Bonchev–Trinajstić information content (AvgIpc) is 2.49. The molecule has 1 heterocycles. The van der Waals surface area contributed by atoms with Gasteiger partial charge in [-0.3, -0.25) is 0 Å². The molecule has 0 aliphatic carbocycles. The van der Waals surface area contributed by atoms with E-state index < -0.39 is 0 Å². The molecule has 0 aliphatic heterocycles. The molecule has 20 heavy (non-hydrogen) atoms. The van der Waals surface area contributed by atoms with Crippen molar-refractivity contribution in [1.29, 1.82) is 0 Å². The molecule has 0 saturated heterocycles. The largest absolute Gasteiger partial charge is 0.409 e. The molecule has 1 aromatic heterocycles. The molecule has 104 valence electrons. The van der Waals surface area contributed by atoms with Crippen molar-refractivity contribution in [3.05, 3.63) is 59.5 Å². The van der Waals surface area contributed by atoms with Crippen LogP contribution in [0.3, 0.4) is 0 Å². The molecule has 0 atom stereocenters. The summed E-state index contributed by atoms with van der Waals surface area (Å²) in [7, 11) is 1.82. The van der Waals surface area contributed by atoms with Gasteiger partial charge in [0.25, 0.3) is 0 Å². The molecule has 0 bridgehead atoms. The summed E-state index contributed by atoms with van der Waals surface area (Å²) in [5, 5.41) is 11.5. The Bertz CT molecular complexity index is 613. The molecule has 5 nitrogen and oxygen atoms in total. The van der Waals surface area contributed by atoms with Crippen molar-refractivity contribution in [2.45, 2.75) is 6.54 Å². The molecule has 1 aromatic carbocycles. The van der Waals surface area contributed by atoms with Gasteiger partial charge in [-0.1, -0.05) is 23.4 Å². The maximum absolute atomic E-state index is 13.6. The Hall–Kier alpha value is -2.63. The van der Waals surface area contributed by atoms with Crippen molar-refractivity contribution in [2.75, 3.05) is 11.9 Å². The highest BCUT2D eigenvalue weighted by Crippen LogP contribution is 2.15.